The maximum atomic E-state index is 12.1. The number of para-hydroxylation sites is 1. The van der Waals surface area contributed by atoms with Crippen molar-refractivity contribution in [3.8, 4) is 0 Å². The predicted octanol–water partition coefficient (Wildman–Crippen LogP) is 3.88. The first-order valence-electron chi connectivity index (χ1n) is 9.14. The van der Waals surface area contributed by atoms with Gasteiger partial charge >= 0.3 is 5.97 Å². The molecule has 0 bridgehead atoms. The summed E-state index contributed by atoms with van der Waals surface area (Å²) in [5.74, 6) is -0.844. The van der Waals surface area contributed by atoms with Crippen LogP contribution in [0.4, 0.5) is 5.69 Å². The van der Waals surface area contributed by atoms with Crippen LogP contribution in [-0.2, 0) is 20.7 Å². The van der Waals surface area contributed by atoms with Gasteiger partial charge in [0.25, 0.3) is 0 Å². The molecule has 0 aliphatic rings. The van der Waals surface area contributed by atoms with E-state index in [2.05, 4.69) is 16.4 Å². The molecule has 0 saturated heterocycles. The van der Waals surface area contributed by atoms with Crippen molar-refractivity contribution in [1.29, 1.82) is 0 Å². The molecule has 0 aliphatic carbocycles. The highest BCUT2D eigenvalue weighted by Crippen LogP contribution is 2.19. The third kappa shape index (κ3) is 5.07. The number of ether oxygens (including phenoxy) is 1. The van der Waals surface area contributed by atoms with E-state index in [4.69, 9.17) is 4.74 Å². The van der Waals surface area contributed by atoms with Crippen molar-refractivity contribution in [3.05, 3.63) is 65.9 Å². The molecule has 6 nitrogen and oxygen atoms in total. The Kier molecular flexibility index (Phi) is 6.22. The smallest absolute Gasteiger partial charge is 0.306 e. The van der Waals surface area contributed by atoms with E-state index in [0.29, 0.717) is 17.7 Å². The number of anilines is 1. The second-order valence-electron chi connectivity index (χ2n) is 6.56. The number of nitrogens with one attached hydrogen (secondary N) is 2. The number of fused-ring (bicyclic) bond motifs is 1. The lowest BCUT2D eigenvalue weighted by atomic mass is 10.1. The fraction of sp³-hybridized carbons (Fsp3) is 0.227. The monoisotopic (exact) mass is 378 g/mol. The lowest BCUT2D eigenvalue weighted by Crippen LogP contribution is -2.14. The number of aryl methyl sites for hydroxylation is 1. The van der Waals surface area contributed by atoms with Gasteiger partial charge in [-0.15, -0.1) is 0 Å². The summed E-state index contributed by atoms with van der Waals surface area (Å²) < 4.78 is 5.09. The zero-order valence-electron chi connectivity index (χ0n) is 15.7. The molecular weight excluding hydrogens is 356 g/mol. The number of hydrogen-bond donors (Lipinski definition) is 2. The first-order chi connectivity index (χ1) is 13.5. The van der Waals surface area contributed by atoms with Crippen LogP contribution < -0.4 is 5.32 Å². The van der Waals surface area contributed by atoms with Crippen LogP contribution in [0.5, 0.6) is 0 Å². The molecule has 3 aromatic rings. The quantitative estimate of drug-likeness (QED) is 0.460. The van der Waals surface area contributed by atoms with Gasteiger partial charge in [0.15, 0.2) is 12.4 Å². The maximum Gasteiger partial charge on any atom is 0.306 e. The van der Waals surface area contributed by atoms with E-state index in [-0.39, 0.29) is 30.7 Å². The molecule has 0 spiro atoms. The molecule has 2 aromatic carbocycles. The highest BCUT2D eigenvalue weighted by Gasteiger charge is 2.11. The first kappa shape index (κ1) is 19.4. The number of hydrogen-bond acceptors (Lipinski definition) is 4. The van der Waals surface area contributed by atoms with Crippen molar-refractivity contribution in [2.45, 2.75) is 26.2 Å². The molecular formula is C22H22N2O4. The number of aromatic amines is 1. The van der Waals surface area contributed by atoms with E-state index in [9.17, 15) is 14.4 Å². The van der Waals surface area contributed by atoms with Crippen molar-refractivity contribution >= 4 is 34.3 Å². The molecule has 3 rings (SSSR count). The third-order valence-electron chi connectivity index (χ3n) is 4.39. The molecule has 6 heteroatoms. The summed E-state index contributed by atoms with van der Waals surface area (Å²) in [5.41, 5.74) is 3.29. The minimum atomic E-state index is -0.386. The zero-order valence-corrected chi connectivity index (χ0v) is 15.7. The van der Waals surface area contributed by atoms with Gasteiger partial charge in [-0.1, -0.05) is 18.2 Å². The first-order valence-corrected chi connectivity index (χ1v) is 9.14. The number of carbonyl (C=O) groups excluding carboxylic acids is 3. The van der Waals surface area contributed by atoms with Crippen molar-refractivity contribution in [2.24, 2.45) is 0 Å². The summed E-state index contributed by atoms with van der Waals surface area (Å²) in [6.07, 6.45) is 3.64. The summed E-state index contributed by atoms with van der Waals surface area (Å²) in [7, 11) is 0. The zero-order chi connectivity index (χ0) is 19.9. The largest absolute Gasteiger partial charge is 0.457 e. The molecule has 0 radical (unpaired) electrons. The second kappa shape index (κ2) is 8.99. The number of aromatic nitrogens is 1. The molecule has 0 atom stereocenters. The van der Waals surface area contributed by atoms with Gasteiger partial charge in [0.1, 0.15) is 0 Å². The molecule has 0 unspecified atom stereocenters. The highest BCUT2D eigenvalue weighted by atomic mass is 16.5. The number of Topliss-reactive ketones (excluding diaryl/α,β-unsaturated/α-hetero) is 1. The molecule has 1 heterocycles. The van der Waals surface area contributed by atoms with E-state index in [1.165, 1.54) is 12.5 Å². The Morgan fingerprint density at radius 2 is 1.79 bits per heavy atom. The number of benzene rings is 2. The Morgan fingerprint density at radius 3 is 2.54 bits per heavy atom. The summed E-state index contributed by atoms with van der Waals surface area (Å²) in [6.45, 7) is 1.13. The SMILES string of the molecule is CC(=O)Nc1ccc(C(=O)COC(=O)CCCc2c[nH]c3ccccc23)cc1. The van der Waals surface area contributed by atoms with Crippen LogP contribution in [0.2, 0.25) is 0 Å². The Labute approximate surface area is 162 Å². The van der Waals surface area contributed by atoms with E-state index in [1.54, 1.807) is 24.3 Å². The van der Waals surface area contributed by atoms with Crippen molar-refractivity contribution in [2.75, 3.05) is 11.9 Å². The standard InChI is InChI=1S/C22H22N2O4/c1-15(25)24-18-11-9-16(10-12-18)21(26)14-28-22(27)8-4-5-17-13-23-20-7-3-2-6-19(17)20/h2-3,6-7,9-13,23H,4-5,8,14H2,1H3,(H,24,25). The van der Waals surface area contributed by atoms with Crippen LogP contribution in [0, 0.1) is 0 Å². The minimum absolute atomic E-state index is 0.180. The summed E-state index contributed by atoms with van der Waals surface area (Å²) in [6, 6.07) is 14.5. The Balaban J connectivity index is 1.42. The molecule has 2 N–H and O–H groups in total. The number of rotatable bonds is 8. The Morgan fingerprint density at radius 1 is 1.04 bits per heavy atom. The molecule has 144 valence electrons. The maximum absolute atomic E-state index is 12.1. The third-order valence-corrected chi connectivity index (χ3v) is 4.39. The van der Waals surface area contributed by atoms with Gasteiger partial charge in [-0.05, 0) is 48.7 Å². The van der Waals surface area contributed by atoms with Crippen molar-refractivity contribution < 1.29 is 19.1 Å². The summed E-state index contributed by atoms with van der Waals surface area (Å²) in [5, 5.41) is 3.79. The molecule has 28 heavy (non-hydrogen) atoms. The molecule has 0 saturated carbocycles. The van der Waals surface area contributed by atoms with Gasteiger partial charge in [-0.25, -0.2) is 0 Å². The molecule has 1 amide bonds. The van der Waals surface area contributed by atoms with E-state index in [1.807, 2.05) is 24.4 Å². The van der Waals surface area contributed by atoms with Crippen molar-refractivity contribution in [3.63, 3.8) is 0 Å². The van der Waals surface area contributed by atoms with E-state index < -0.39 is 0 Å². The van der Waals surface area contributed by atoms with Gasteiger partial charge in [-0.3, -0.25) is 14.4 Å². The van der Waals surface area contributed by atoms with Crippen molar-refractivity contribution in [1.82, 2.24) is 4.98 Å². The predicted molar refractivity (Wildman–Crippen MR) is 107 cm³/mol. The van der Waals surface area contributed by atoms with Crippen LogP contribution in [0.25, 0.3) is 10.9 Å². The van der Waals surface area contributed by atoms with Gasteiger partial charge in [0, 0.05) is 41.7 Å². The lowest BCUT2D eigenvalue weighted by Gasteiger charge is -2.06. The minimum Gasteiger partial charge on any atom is -0.457 e. The summed E-state index contributed by atoms with van der Waals surface area (Å²) >= 11 is 0. The number of ketones is 1. The number of carbonyl (C=O) groups is 3. The number of H-pyrrole nitrogens is 1. The fourth-order valence-electron chi connectivity index (χ4n) is 3.01. The van der Waals surface area contributed by atoms with E-state index in [0.717, 1.165) is 17.3 Å². The Bertz CT molecular complexity index is 989. The number of esters is 1. The van der Waals surface area contributed by atoms with Gasteiger partial charge in [0.05, 0.1) is 0 Å². The average Bonchev–Trinajstić information content (AvgIpc) is 3.09. The van der Waals surface area contributed by atoms with Gasteiger partial charge in [-0.2, -0.15) is 0 Å². The van der Waals surface area contributed by atoms with Crippen LogP contribution in [-0.4, -0.2) is 29.3 Å². The van der Waals surface area contributed by atoms with Gasteiger partial charge < -0.3 is 15.0 Å². The molecule has 1 aromatic heterocycles. The molecule has 0 fully saturated rings. The van der Waals surface area contributed by atoms with Crippen LogP contribution in [0.3, 0.4) is 0 Å². The number of amides is 1. The normalized spacial score (nSPS) is 10.6. The lowest BCUT2D eigenvalue weighted by molar-refractivity contribution is -0.142. The second-order valence-corrected chi connectivity index (χ2v) is 6.56. The molecule has 0 aliphatic heterocycles. The van der Waals surface area contributed by atoms with E-state index >= 15 is 0 Å². The van der Waals surface area contributed by atoms with Crippen LogP contribution in [0.1, 0.15) is 35.7 Å². The Hall–Kier alpha value is -3.41. The summed E-state index contributed by atoms with van der Waals surface area (Å²) in [4.78, 5) is 38.3. The highest BCUT2D eigenvalue weighted by molar-refractivity contribution is 5.98. The topological polar surface area (TPSA) is 88.3 Å². The van der Waals surface area contributed by atoms with Crippen LogP contribution in [0.15, 0.2) is 54.7 Å². The van der Waals surface area contributed by atoms with Crippen LogP contribution >= 0.6 is 0 Å². The average molecular weight is 378 g/mol. The fourth-order valence-corrected chi connectivity index (χ4v) is 3.01. The van der Waals surface area contributed by atoms with Gasteiger partial charge in [0.2, 0.25) is 5.91 Å².